The zero-order chi connectivity index (χ0) is 10.7. The number of ether oxygens (including phenoxy) is 2. The fourth-order valence-corrected chi connectivity index (χ4v) is 1.50. The zero-order valence-electron chi connectivity index (χ0n) is 9.05. The highest BCUT2D eigenvalue weighted by atomic mass is 16.5. The third kappa shape index (κ3) is 1.68. The fraction of sp³-hybridized carbons (Fsp3) is 0.455. The van der Waals surface area contributed by atoms with Crippen LogP contribution in [0.3, 0.4) is 0 Å². The minimum atomic E-state index is 0.0209. The van der Waals surface area contributed by atoms with Crippen molar-refractivity contribution in [3.63, 3.8) is 0 Å². The van der Waals surface area contributed by atoms with Crippen molar-refractivity contribution in [1.29, 1.82) is 0 Å². The lowest BCUT2D eigenvalue weighted by atomic mass is 10.0. The molecule has 0 unspecified atom stereocenters. The molecule has 0 aliphatic heterocycles. The Morgan fingerprint density at radius 1 is 1.14 bits per heavy atom. The molecule has 78 valence electrons. The summed E-state index contributed by atoms with van der Waals surface area (Å²) in [6, 6.07) is 1.81. The van der Waals surface area contributed by atoms with E-state index < -0.39 is 0 Å². The van der Waals surface area contributed by atoms with Gasteiger partial charge in [-0.15, -0.1) is 0 Å². The van der Waals surface area contributed by atoms with E-state index in [1.165, 1.54) is 0 Å². The summed E-state index contributed by atoms with van der Waals surface area (Å²) < 4.78 is 10.4. The number of aliphatic hydroxyl groups excluding tert-OH is 1. The van der Waals surface area contributed by atoms with Crippen molar-refractivity contribution in [2.75, 3.05) is 14.2 Å². The molecular weight excluding hydrogens is 180 g/mol. The number of hydrogen-bond acceptors (Lipinski definition) is 3. The molecule has 0 aliphatic rings. The molecule has 1 aromatic carbocycles. The molecule has 0 fully saturated rings. The van der Waals surface area contributed by atoms with Crippen molar-refractivity contribution in [3.05, 3.63) is 22.8 Å². The van der Waals surface area contributed by atoms with Gasteiger partial charge in [0.15, 0.2) is 11.5 Å². The Morgan fingerprint density at radius 2 is 1.79 bits per heavy atom. The Hall–Kier alpha value is -1.22. The van der Waals surface area contributed by atoms with Crippen LogP contribution >= 0.6 is 0 Å². The summed E-state index contributed by atoms with van der Waals surface area (Å²) >= 11 is 0. The SMILES string of the molecule is COc1cc(CO)c(C)c(C)c1OC. The number of hydrogen-bond donors (Lipinski definition) is 1. The predicted octanol–water partition coefficient (Wildman–Crippen LogP) is 1.81. The Bertz CT molecular complexity index is 332. The summed E-state index contributed by atoms with van der Waals surface area (Å²) in [6.07, 6.45) is 0. The molecule has 1 N–H and O–H groups in total. The maximum Gasteiger partial charge on any atom is 0.163 e. The van der Waals surface area contributed by atoms with E-state index in [4.69, 9.17) is 14.6 Å². The minimum absolute atomic E-state index is 0.0209. The summed E-state index contributed by atoms with van der Waals surface area (Å²) in [5, 5.41) is 9.13. The van der Waals surface area contributed by atoms with Crippen LogP contribution in [0.5, 0.6) is 11.5 Å². The summed E-state index contributed by atoms with van der Waals surface area (Å²) in [5.74, 6) is 1.40. The summed E-state index contributed by atoms with van der Waals surface area (Å²) in [5.41, 5.74) is 2.93. The maximum absolute atomic E-state index is 9.13. The van der Waals surface area contributed by atoms with Gasteiger partial charge in [-0.05, 0) is 36.6 Å². The Balaban J connectivity index is 3.38. The van der Waals surface area contributed by atoms with Crippen molar-refractivity contribution in [2.24, 2.45) is 0 Å². The number of aliphatic hydroxyl groups is 1. The second-order valence-electron chi connectivity index (χ2n) is 3.18. The van der Waals surface area contributed by atoms with Crippen molar-refractivity contribution in [2.45, 2.75) is 20.5 Å². The van der Waals surface area contributed by atoms with Crippen LogP contribution in [0.25, 0.3) is 0 Å². The molecule has 0 atom stereocenters. The molecule has 0 radical (unpaired) electrons. The van der Waals surface area contributed by atoms with Crippen LogP contribution in [-0.2, 0) is 6.61 Å². The van der Waals surface area contributed by atoms with E-state index >= 15 is 0 Å². The first-order valence-electron chi connectivity index (χ1n) is 4.47. The van der Waals surface area contributed by atoms with E-state index in [2.05, 4.69) is 0 Å². The molecule has 0 bridgehead atoms. The molecule has 0 heterocycles. The quantitative estimate of drug-likeness (QED) is 0.801. The number of benzene rings is 1. The maximum atomic E-state index is 9.13. The van der Waals surface area contributed by atoms with Crippen molar-refractivity contribution < 1.29 is 14.6 Å². The summed E-state index contributed by atoms with van der Waals surface area (Å²) in [4.78, 5) is 0. The molecule has 0 saturated heterocycles. The van der Waals surface area contributed by atoms with Gasteiger partial charge in [0, 0.05) is 0 Å². The highest BCUT2D eigenvalue weighted by molar-refractivity contribution is 5.53. The van der Waals surface area contributed by atoms with Crippen molar-refractivity contribution in [1.82, 2.24) is 0 Å². The van der Waals surface area contributed by atoms with Crippen LogP contribution in [0.2, 0.25) is 0 Å². The molecule has 0 amide bonds. The molecule has 1 aromatic rings. The molecule has 1 rings (SSSR count). The van der Waals surface area contributed by atoms with E-state index in [1.54, 1.807) is 20.3 Å². The lowest BCUT2D eigenvalue weighted by Crippen LogP contribution is -1.99. The Labute approximate surface area is 84.3 Å². The third-order valence-electron chi connectivity index (χ3n) is 2.51. The lowest BCUT2D eigenvalue weighted by molar-refractivity contribution is 0.279. The summed E-state index contributed by atoms with van der Waals surface area (Å²) in [7, 11) is 3.21. The van der Waals surface area contributed by atoms with Crippen LogP contribution in [0.4, 0.5) is 0 Å². The number of rotatable bonds is 3. The van der Waals surface area contributed by atoms with Crippen molar-refractivity contribution in [3.8, 4) is 11.5 Å². The molecule has 0 aliphatic carbocycles. The third-order valence-corrected chi connectivity index (χ3v) is 2.51. The predicted molar refractivity (Wildman–Crippen MR) is 54.9 cm³/mol. The van der Waals surface area contributed by atoms with Gasteiger partial charge in [-0.25, -0.2) is 0 Å². The minimum Gasteiger partial charge on any atom is -0.493 e. The van der Waals surface area contributed by atoms with Crippen LogP contribution in [0.15, 0.2) is 6.07 Å². The van der Waals surface area contributed by atoms with Gasteiger partial charge in [0.05, 0.1) is 20.8 Å². The van der Waals surface area contributed by atoms with Crippen LogP contribution < -0.4 is 9.47 Å². The molecule has 0 aromatic heterocycles. The van der Waals surface area contributed by atoms with E-state index in [9.17, 15) is 0 Å². The second-order valence-corrected chi connectivity index (χ2v) is 3.18. The topological polar surface area (TPSA) is 38.7 Å². The normalized spacial score (nSPS) is 10.1. The average molecular weight is 196 g/mol. The Morgan fingerprint density at radius 3 is 2.21 bits per heavy atom. The second kappa shape index (κ2) is 4.33. The van der Waals surface area contributed by atoms with E-state index in [0.29, 0.717) is 5.75 Å². The molecule has 0 spiro atoms. The van der Waals surface area contributed by atoms with Gasteiger partial charge in [0.1, 0.15) is 0 Å². The smallest absolute Gasteiger partial charge is 0.163 e. The summed E-state index contributed by atoms with van der Waals surface area (Å²) in [6.45, 7) is 3.94. The molecule has 14 heavy (non-hydrogen) atoms. The van der Waals surface area contributed by atoms with Crippen molar-refractivity contribution >= 4 is 0 Å². The lowest BCUT2D eigenvalue weighted by Gasteiger charge is -2.15. The van der Waals surface area contributed by atoms with Gasteiger partial charge in [0.25, 0.3) is 0 Å². The average Bonchev–Trinajstić information content (AvgIpc) is 2.21. The highest BCUT2D eigenvalue weighted by Crippen LogP contribution is 2.34. The first-order valence-corrected chi connectivity index (χ1v) is 4.47. The first kappa shape index (κ1) is 10.9. The van der Waals surface area contributed by atoms with E-state index in [-0.39, 0.29) is 6.61 Å². The van der Waals surface area contributed by atoms with Gasteiger partial charge < -0.3 is 14.6 Å². The number of methoxy groups -OCH3 is 2. The molecule has 3 nitrogen and oxygen atoms in total. The highest BCUT2D eigenvalue weighted by Gasteiger charge is 2.12. The van der Waals surface area contributed by atoms with Gasteiger partial charge in [-0.2, -0.15) is 0 Å². The van der Waals surface area contributed by atoms with Crippen LogP contribution in [0.1, 0.15) is 16.7 Å². The van der Waals surface area contributed by atoms with Gasteiger partial charge in [0.2, 0.25) is 0 Å². The van der Waals surface area contributed by atoms with E-state index in [0.717, 1.165) is 22.4 Å². The van der Waals surface area contributed by atoms with Gasteiger partial charge in [-0.1, -0.05) is 0 Å². The Kier molecular flexibility index (Phi) is 3.36. The van der Waals surface area contributed by atoms with Crippen LogP contribution in [-0.4, -0.2) is 19.3 Å². The van der Waals surface area contributed by atoms with Gasteiger partial charge >= 0.3 is 0 Å². The van der Waals surface area contributed by atoms with Gasteiger partial charge in [-0.3, -0.25) is 0 Å². The monoisotopic (exact) mass is 196 g/mol. The molecular formula is C11H16O3. The first-order chi connectivity index (χ1) is 6.65. The van der Waals surface area contributed by atoms with E-state index in [1.807, 2.05) is 13.8 Å². The molecule has 0 saturated carbocycles. The zero-order valence-corrected chi connectivity index (χ0v) is 9.05. The largest absolute Gasteiger partial charge is 0.493 e. The molecule has 3 heteroatoms. The fourth-order valence-electron chi connectivity index (χ4n) is 1.50. The van der Waals surface area contributed by atoms with Crippen LogP contribution in [0, 0.1) is 13.8 Å². The standard InChI is InChI=1S/C11H16O3/c1-7-8(2)11(14-4)10(13-3)5-9(7)6-12/h5,12H,6H2,1-4H3.